The predicted octanol–water partition coefficient (Wildman–Crippen LogP) is 13.0. The van der Waals surface area contributed by atoms with Crippen molar-refractivity contribution in [2.24, 2.45) is 0 Å². The van der Waals surface area contributed by atoms with Crippen LogP contribution in [0.3, 0.4) is 0 Å². The van der Waals surface area contributed by atoms with E-state index in [2.05, 4.69) is 109 Å². The maximum atomic E-state index is 12.7. The molecule has 24 nitrogen and oxygen atoms in total. The van der Waals surface area contributed by atoms with Gasteiger partial charge in [-0.3, -0.25) is 39.1 Å². The van der Waals surface area contributed by atoms with Crippen LogP contribution in [0, 0.1) is 0 Å². The number of aromatic nitrogens is 8. The number of ether oxygens (including phenoxy) is 4. The topological polar surface area (TPSA) is 269 Å². The zero-order valence-electron chi connectivity index (χ0n) is 63.2. The summed E-state index contributed by atoms with van der Waals surface area (Å²) in [6, 6.07) is 65.9. The first-order chi connectivity index (χ1) is 55.4. The summed E-state index contributed by atoms with van der Waals surface area (Å²) < 4.78 is 21.7. The van der Waals surface area contributed by atoms with Crippen LogP contribution < -0.4 is 40.9 Å². The lowest BCUT2D eigenvalue weighted by molar-refractivity contribution is -0.120. The Morgan fingerprint density at radius 2 is 0.673 bits per heavy atom. The van der Waals surface area contributed by atoms with E-state index in [0.29, 0.717) is 43.5 Å². The number of nitrogens with zero attached hydrogens (tertiary/aromatic N) is 12. The quantitative estimate of drug-likeness (QED) is 0.0700. The number of morpholine rings is 4. The van der Waals surface area contributed by atoms with Gasteiger partial charge in [0.25, 0.3) is 11.8 Å². The average Bonchev–Trinajstić information content (AvgIpc) is 1.52. The third kappa shape index (κ3) is 20.1. The minimum absolute atomic E-state index is 0.000431. The summed E-state index contributed by atoms with van der Waals surface area (Å²) in [5, 5.41) is 11.6. The SMILES string of the molecule is CC(=O)NCc1ccc(-c2ccc3ncc(N4CCOCC4)nc3c2)cc1.CC(=O)NCc1cccc(-c2ccc3ncc(N4CCOCC4)nc3c2)c1.O=C(NC1CC1)c1cccc(-c2ccc3ncc(N4CCOCC4)nc3c2)c1.O=C(Nc1ccccc1)c1cccc(-c2ccc3ncc(N4CCOCC4)nc3c2)c1. The Morgan fingerprint density at radius 1 is 0.336 bits per heavy atom. The van der Waals surface area contributed by atoms with Gasteiger partial charge in [-0.2, -0.15) is 0 Å². The molecule has 18 rings (SSSR count). The molecule has 4 aromatic heterocycles. The number of hydrogen-bond acceptors (Lipinski definition) is 20. The van der Waals surface area contributed by atoms with E-state index >= 15 is 0 Å². The number of rotatable bonds is 16. The molecule has 0 unspecified atom stereocenters. The molecular formula is C89H88N16O8. The molecule has 113 heavy (non-hydrogen) atoms. The first-order valence-corrected chi connectivity index (χ1v) is 38.3. The normalized spacial score (nSPS) is 14.8. The maximum Gasteiger partial charge on any atom is 0.255 e. The van der Waals surface area contributed by atoms with Gasteiger partial charge in [0.15, 0.2) is 0 Å². The average molecular weight is 1510 g/mol. The number of para-hydroxylation sites is 1. The van der Waals surface area contributed by atoms with Crippen LogP contribution in [0.15, 0.2) is 225 Å². The molecule has 4 N–H and O–H groups in total. The Balaban J connectivity index is 0.000000119. The maximum absolute atomic E-state index is 12.7. The molecule has 0 radical (unpaired) electrons. The van der Waals surface area contributed by atoms with E-state index in [1.54, 1.807) is 0 Å². The van der Waals surface area contributed by atoms with E-state index in [9.17, 15) is 19.2 Å². The molecule has 5 aliphatic rings. The van der Waals surface area contributed by atoms with Crippen molar-refractivity contribution in [3.8, 4) is 44.5 Å². The Bertz CT molecular complexity index is 5520. The Hall–Kier alpha value is -12.7. The first-order valence-electron chi connectivity index (χ1n) is 38.3. The standard InChI is InChI=1S/C25H22N4O2.C22H22N4O2.2C21H22N4O2/c30-25(27-21-7-2-1-3-8-21)20-6-4-5-18(15-20)19-9-10-22-23(16-19)28-24(17-26-22)29-11-13-31-14-12-29;27-22(24-18-5-6-18)17-3-1-2-15(12-17)16-4-7-19-20(13-16)25-21(14-23-19)26-8-10-28-11-9-26;1-15(26)22-13-16-2-4-17(5-3-16)18-6-7-19-20(12-18)24-21(14-23-19)25-8-10-27-11-9-25;1-15(26)22-13-16-3-2-4-17(11-16)18-5-6-19-20(12-18)24-21(14-23-19)25-7-9-27-10-8-25/h1-10,15-17H,11-14H2,(H,27,30);1-4,7,12-14,18H,5-6,8-11H2,(H,24,27);2-7,12,14H,8-11,13H2,1H3,(H,22,26);2-6,11-12,14H,7-10,13H2,1H3,(H,22,26). The van der Waals surface area contributed by atoms with E-state index < -0.39 is 0 Å². The van der Waals surface area contributed by atoms with Crippen LogP contribution in [0.5, 0.6) is 0 Å². The monoisotopic (exact) mass is 1510 g/mol. The number of amides is 4. The summed E-state index contributed by atoms with van der Waals surface area (Å²) in [6.07, 6.45) is 9.49. The van der Waals surface area contributed by atoms with Crippen molar-refractivity contribution >= 4 is 96.7 Å². The second kappa shape index (κ2) is 36.4. The van der Waals surface area contributed by atoms with Crippen molar-refractivity contribution in [3.63, 3.8) is 0 Å². The number of carbonyl (C=O) groups is 4. The summed E-state index contributed by atoms with van der Waals surface area (Å²) in [5.41, 5.74) is 19.5. The lowest BCUT2D eigenvalue weighted by Crippen LogP contribution is -2.36. The van der Waals surface area contributed by atoms with Crippen molar-refractivity contribution in [1.29, 1.82) is 0 Å². The Labute approximate surface area is 655 Å². The molecule has 8 heterocycles. The number of nitrogens with one attached hydrogen (secondary N) is 4. The molecule has 24 heteroatoms. The molecule has 4 amide bonds. The zero-order valence-corrected chi connectivity index (χ0v) is 63.2. The first kappa shape index (κ1) is 75.7. The highest BCUT2D eigenvalue weighted by Gasteiger charge is 2.25. The van der Waals surface area contributed by atoms with Crippen LogP contribution >= 0.6 is 0 Å². The van der Waals surface area contributed by atoms with E-state index in [0.717, 1.165) is 234 Å². The van der Waals surface area contributed by atoms with Crippen molar-refractivity contribution in [2.75, 3.05) is 130 Å². The molecule has 4 saturated heterocycles. The van der Waals surface area contributed by atoms with Gasteiger partial charge >= 0.3 is 0 Å². The fourth-order valence-corrected chi connectivity index (χ4v) is 13.5. The number of anilines is 5. The molecule has 5 fully saturated rings. The molecule has 9 aromatic carbocycles. The largest absolute Gasteiger partial charge is 0.378 e. The third-order valence-electron chi connectivity index (χ3n) is 19.9. The van der Waals surface area contributed by atoms with E-state index in [1.165, 1.54) is 13.8 Å². The fraction of sp³-hybridized carbons (Fsp3) is 0.258. The molecule has 4 aliphatic heterocycles. The lowest BCUT2D eigenvalue weighted by Gasteiger charge is -2.27. The zero-order chi connectivity index (χ0) is 77.2. The van der Waals surface area contributed by atoms with Crippen molar-refractivity contribution in [2.45, 2.75) is 45.8 Å². The van der Waals surface area contributed by atoms with Gasteiger partial charge in [0.2, 0.25) is 11.8 Å². The fourth-order valence-electron chi connectivity index (χ4n) is 13.5. The molecule has 1 saturated carbocycles. The van der Waals surface area contributed by atoms with Crippen LogP contribution in [0.4, 0.5) is 29.0 Å². The molecule has 0 bridgehead atoms. The summed E-state index contributed by atoms with van der Waals surface area (Å²) in [6.45, 7) is 16.5. The summed E-state index contributed by atoms with van der Waals surface area (Å²) in [4.78, 5) is 93.6. The van der Waals surface area contributed by atoms with E-state index in [1.807, 2.05) is 176 Å². The third-order valence-corrected chi connectivity index (χ3v) is 19.9. The van der Waals surface area contributed by atoms with Crippen LogP contribution in [0.1, 0.15) is 58.5 Å². The van der Waals surface area contributed by atoms with Gasteiger partial charge in [0.05, 0.1) is 122 Å². The van der Waals surface area contributed by atoms with Crippen molar-refractivity contribution in [1.82, 2.24) is 55.8 Å². The van der Waals surface area contributed by atoms with Gasteiger partial charge in [-0.05, 0) is 159 Å². The highest BCUT2D eigenvalue weighted by molar-refractivity contribution is 6.05. The molecule has 0 spiro atoms. The highest BCUT2D eigenvalue weighted by Crippen LogP contribution is 2.32. The van der Waals surface area contributed by atoms with Crippen LogP contribution in [-0.2, 0) is 41.6 Å². The van der Waals surface area contributed by atoms with E-state index in [-0.39, 0.29) is 23.6 Å². The van der Waals surface area contributed by atoms with Crippen molar-refractivity contribution in [3.05, 3.63) is 247 Å². The number of fused-ring (bicyclic) bond motifs is 4. The molecular weight excluding hydrogens is 1420 g/mol. The smallest absolute Gasteiger partial charge is 0.255 e. The van der Waals surface area contributed by atoms with Gasteiger partial charge in [-0.25, -0.2) is 19.9 Å². The minimum Gasteiger partial charge on any atom is -0.378 e. The van der Waals surface area contributed by atoms with Crippen molar-refractivity contribution < 1.29 is 38.1 Å². The highest BCUT2D eigenvalue weighted by atomic mass is 16.5. The minimum atomic E-state index is -0.136. The van der Waals surface area contributed by atoms with Gasteiger partial charge in [-0.15, -0.1) is 0 Å². The van der Waals surface area contributed by atoms with Gasteiger partial charge in [0, 0.05) is 102 Å². The molecule has 13 aromatic rings. The van der Waals surface area contributed by atoms with E-state index in [4.69, 9.17) is 38.9 Å². The Kier molecular flexibility index (Phi) is 24.4. The van der Waals surface area contributed by atoms with Gasteiger partial charge in [-0.1, -0.05) is 109 Å². The predicted molar refractivity (Wildman–Crippen MR) is 442 cm³/mol. The van der Waals surface area contributed by atoms with Gasteiger partial charge < -0.3 is 59.8 Å². The number of benzene rings is 9. The summed E-state index contributed by atoms with van der Waals surface area (Å²) in [5.74, 6) is 3.34. The van der Waals surface area contributed by atoms with Crippen LogP contribution in [-0.4, -0.2) is 175 Å². The molecule has 0 atom stereocenters. The second-order valence-electron chi connectivity index (χ2n) is 28.1. The lowest BCUT2D eigenvalue weighted by atomic mass is 10.0. The van der Waals surface area contributed by atoms with Crippen LogP contribution in [0.25, 0.3) is 88.6 Å². The molecule has 572 valence electrons. The molecule has 1 aliphatic carbocycles. The van der Waals surface area contributed by atoms with Gasteiger partial charge in [0.1, 0.15) is 23.3 Å². The number of carbonyl (C=O) groups excluding carboxylic acids is 4. The Morgan fingerprint density at radius 3 is 1.05 bits per heavy atom. The second-order valence-corrected chi connectivity index (χ2v) is 28.1. The summed E-state index contributed by atoms with van der Waals surface area (Å²) in [7, 11) is 0. The summed E-state index contributed by atoms with van der Waals surface area (Å²) >= 11 is 0. The van der Waals surface area contributed by atoms with Crippen LogP contribution in [0.2, 0.25) is 0 Å². The number of hydrogen-bond donors (Lipinski definition) is 4.